The molecule has 0 spiro atoms. The van der Waals surface area contributed by atoms with Crippen LogP contribution >= 0.6 is 11.8 Å². The van der Waals surface area contributed by atoms with Crippen molar-refractivity contribution in [3.05, 3.63) is 59.7 Å². The second-order valence-electron chi connectivity index (χ2n) is 4.35. The first kappa shape index (κ1) is 11.7. The van der Waals surface area contributed by atoms with E-state index >= 15 is 0 Å². The number of hydrogen-bond acceptors (Lipinski definition) is 4. The van der Waals surface area contributed by atoms with E-state index < -0.39 is 0 Å². The molecule has 0 radical (unpaired) electrons. The summed E-state index contributed by atoms with van der Waals surface area (Å²) in [6, 6.07) is 11.1. The van der Waals surface area contributed by atoms with Gasteiger partial charge in [0.15, 0.2) is 0 Å². The van der Waals surface area contributed by atoms with E-state index in [1.165, 1.54) is 11.1 Å². The highest BCUT2D eigenvalue weighted by molar-refractivity contribution is 7.98. The van der Waals surface area contributed by atoms with Crippen LogP contribution in [0.3, 0.4) is 0 Å². The molecule has 0 saturated carbocycles. The summed E-state index contributed by atoms with van der Waals surface area (Å²) in [6.45, 7) is 0.794. The van der Waals surface area contributed by atoms with Crippen LogP contribution in [0.2, 0.25) is 0 Å². The third kappa shape index (κ3) is 2.54. The van der Waals surface area contributed by atoms with Crippen LogP contribution in [0.5, 0.6) is 0 Å². The van der Waals surface area contributed by atoms with E-state index in [2.05, 4.69) is 39.6 Å². The lowest BCUT2D eigenvalue weighted by molar-refractivity contribution is 0.567. The minimum Gasteiger partial charge on any atom is -0.304 e. The Bertz CT molecular complexity index is 515. The largest absolute Gasteiger partial charge is 0.304 e. The van der Waals surface area contributed by atoms with E-state index in [-0.39, 0.29) is 0 Å². The van der Waals surface area contributed by atoms with Crippen LogP contribution in [0.15, 0.2) is 42.9 Å². The smallest absolute Gasteiger partial charge is 0.115 e. The van der Waals surface area contributed by atoms with E-state index in [1.807, 2.05) is 17.8 Å². The van der Waals surface area contributed by atoms with Crippen LogP contribution in [0.1, 0.15) is 22.9 Å². The van der Waals surface area contributed by atoms with E-state index in [1.54, 1.807) is 12.5 Å². The van der Waals surface area contributed by atoms with Gasteiger partial charge < -0.3 is 5.32 Å². The Labute approximate surface area is 111 Å². The molecule has 0 aliphatic carbocycles. The lowest BCUT2D eigenvalue weighted by atomic mass is 10.0. The number of thioether (sulfide) groups is 1. The Kier molecular flexibility index (Phi) is 3.57. The fourth-order valence-corrected chi connectivity index (χ4v) is 3.34. The number of nitrogens with one attached hydrogen (secondary N) is 1. The number of rotatable bonds is 3. The van der Waals surface area contributed by atoms with Crippen molar-refractivity contribution in [1.29, 1.82) is 0 Å². The molecule has 1 atom stereocenters. The Morgan fingerprint density at radius 3 is 3.11 bits per heavy atom. The van der Waals surface area contributed by atoms with E-state index in [9.17, 15) is 0 Å². The molecule has 1 N–H and O–H groups in total. The highest BCUT2D eigenvalue weighted by atomic mass is 32.2. The molecular weight excluding hydrogens is 242 g/mol. The van der Waals surface area contributed by atoms with Gasteiger partial charge in [-0.25, -0.2) is 9.97 Å². The predicted molar refractivity (Wildman–Crippen MR) is 74.2 cm³/mol. The predicted octanol–water partition coefficient (Wildman–Crippen LogP) is 2.55. The van der Waals surface area contributed by atoms with Crippen molar-refractivity contribution in [3.63, 3.8) is 0 Å². The topological polar surface area (TPSA) is 37.8 Å². The van der Waals surface area contributed by atoms with Crippen LogP contribution in [-0.2, 0) is 12.3 Å². The molecule has 92 valence electrons. The van der Waals surface area contributed by atoms with E-state index in [0.717, 1.165) is 23.7 Å². The lowest BCUT2D eigenvalue weighted by Crippen LogP contribution is -2.26. The quantitative estimate of drug-likeness (QED) is 0.917. The second-order valence-corrected chi connectivity index (χ2v) is 5.38. The van der Waals surface area contributed by atoms with Gasteiger partial charge >= 0.3 is 0 Å². The summed E-state index contributed by atoms with van der Waals surface area (Å²) < 4.78 is 0. The van der Waals surface area contributed by atoms with Crippen molar-refractivity contribution in [2.75, 3.05) is 5.75 Å². The molecule has 1 unspecified atom stereocenters. The first-order chi connectivity index (χ1) is 8.93. The minimum atomic E-state index is 0.426. The zero-order valence-electron chi connectivity index (χ0n) is 10.0. The van der Waals surface area contributed by atoms with Crippen molar-refractivity contribution < 1.29 is 0 Å². The van der Waals surface area contributed by atoms with Gasteiger partial charge in [-0.3, -0.25) is 0 Å². The van der Waals surface area contributed by atoms with Crippen molar-refractivity contribution in [3.8, 4) is 0 Å². The molecular formula is C14H15N3S. The summed E-state index contributed by atoms with van der Waals surface area (Å²) in [5, 5.41) is 3.58. The maximum absolute atomic E-state index is 4.24. The first-order valence-electron chi connectivity index (χ1n) is 6.07. The summed E-state index contributed by atoms with van der Waals surface area (Å²) in [6.07, 6.45) is 3.38. The summed E-state index contributed by atoms with van der Waals surface area (Å²) in [5.74, 6) is 2.25. The Hall–Kier alpha value is -1.39. The SMILES string of the molecule is c1ccc2c(c1)CSCC2NCc1ccncn1. The molecule has 2 aromatic rings. The molecule has 2 heterocycles. The molecule has 0 amide bonds. The van der Waals surface area contributed by atoms with Crippen LogP contribution in [0.25, 0.3) is 0 Å². The van der Waals surface area contributed by atoms with E-state index in [4.69, 9.17) is 0 Å². The van der Waals surface area contributed by atoms with Crippen molar-refractivity contribution in [2.45, 2.75) is 18.3 Å². The molecule has 4 heteroatoms. The van der Waals surface area contributed by atoms with Crippen LogP contribution in [-0.4, -0.2) is 15.7 Å². The number of benzene rings is 1. The molecule has 1 aromatic heterocycles. The van der Waals surface area contributed by atoms with Gasteiger partial charge in [0, 0.05) is 30.3 Å². The van der Waals surface area contributed by atoms with Gasteiger partial charge in [-0.05, 0) is 17.2 Å². The molecule has 3 rings (SSSR count). The third-order valence-electron chi connectivity index (χ3n) is 3.15. The van der Waals surface area contributed by atoms with E-state index in [0.29, 0.717) is 6.04 Å². The lowest BCUT2D eigenvalue weighted by Gasteiger charge is -2.26. The van der Waals surface area contributed by atoms with Crippen molar-refractivity contribution in [1.82, 2.24) is 15.3 Å². The molecule has 1 aliphatic rings. The van der Waals surface area contributed by atoms with Gasteiger partial charge in [-0.2, -0.15) is 11.8 Å². The van der Waals surface area contributed by atoms with Crippen LogP contribution in [0, 0.1) is 0 Å². The van der Waals surface area contributed by atoms with Gasteiger partial charge in [0.05, 0.1) is 5.69 Å². The molecule has 0 bridgehead atoms. The molecule has 18 heavy (non-hydrogen) atoms. The monoisotopic (exact) mass is 257 g/mol. The maximum Gasteiger partial charge on any atom is 0.115 e. The van der Waals surface area contributed by atoms with Gasteiger partial charge in [0.1, 0.15) is 6.33 Å². The summed E-state index contributed by atoms with van der Waals surface area (Å²) >= 11 is 1.99. The average molecular weight is 257 g/mol. The fourth-order valence-electron chi connectivity index (χ4n) is 2.20. The average Bonchev–Trinajstić information content (AvgIpc) is 2.46. The number of aromatic nitrogens is 2. The van der Waals surface area contributed by atoms with Gasteiger partial charge in [-0.15, -0.1) is 0 Å². The van der Waals surface area contributed by atoms with Gasteiger partial charge in [-0.1, -0.05) is 24.3 Å². The Balaban J connectivity index is 1.71. The molecule has 1 aromatic carbocycles. The third-order valence-corrected chi connectivity index (χ3v) is 4.23. The number of nitrogens with zero attached hydrogens (tertiary/aromatic N) is 2. The van der Waals surface area contributed by atoms with Gasteiger partial charge in [0.25, 0.3) is 0 Å². The Morgan fingerprint density at radius 2 is 2.22 bits per heavy atom. The highest BCUT2D eigenvalue weighted by Crippen LogP contribution is 2.31. The first-order valence-corrected chi connectivity index (χ1v) is 7.23. The maximum atomic E-state index is 4.24. The highest BCUT2D eigenvalue weighted by Gasteiger charge is 2.19. The standard InChI is InChI=1S/C14H15N3S/c1-2-4-13-11(3-1)8-18-9-14(13)16-7-12-5-6-15-10-17-12/h1-6,10,14,16H,7-9H2. The van der Waals surface area contributed by atoms with Crippen molar-refractivity contribution >= 4 is 11.8 Å². The molecule has 0 saturated heterocycles. The van der Waals surface area contributed by atoms with Crippen LogP contribution < -0.4 is 5.32 Å². The summed E-state index contributed by atoms with van der Waals surface area (Å²) in [7, 11) is 0. The molecule has 0 fully saturated rings. The van der Waals surface area contributed by atoms with Gasteiger partial charge in [0.2, 0.25) is 0 Å². The normalized spacial score (nSPS) is 18.3. The fraction of sp³-hybridized carbons (Fsp3) is 0.286. The summed E-state index contributed by atoms with van der Waals surface area (Å²) in [4.78, 5) is 8.17. The molecule has 3 nitrogen and oxygen atoms in total. The Morgan fingerprint density at radius 1 is 1.28 bits per heavy atom. The summed E-state index contributed by atoms with van der Waals surface area (Å²) in [5.41, 5.74) is 3.93. The van der Waals surface area contributed by atoms with Crippen LogP contribution in [0.4, 0.5) is 0 Å². The minimum absolute atomic E-state index is 0.426. The van der Waals surface area contributed by atoms with Crippen molar-refractivity contribution in [2.24, 2.45) is 0 Å². The zero-order valence-corrected chi connectivity index (χ0v) is 10.9. The zero-order chi connectivity index (χ0) is 12.2. The second kappa shape index (κ2) is 5.50. The number of hydrogen-bond donors (Lipinski definition) is 1. The number of fused-ring (bicyclic) bond motifs is 1. The molecule has 1 aliphatic heterocycles.